The predicted molar refractivity (Wildman–Crippen MR) is 189 cm³/mol. The molecule has 0 radical (unpaired) electrons. The number of benzene rings is 3. The lowest BCUT2D eigenvalue weighted by molar-refractivity contribution is -0.138. The smallest absolute Gasteiger partial charge is 0.346 e. The number of amides is 3. The molecule has 3 heterocycles. The fourth-order valence-corrected chi connectivity index (χ4v) is 9.12. The highest BCUT2D eigenvalue weighted by molar-refractivity contribution is 8.29. The van der Waals surface area contributed by atoms with Gasteiger partial charge in [-0.2, -0.15) is 0 Å². The summed E-state index contributed by atoms with van der Waals surface area (Å²) in [5, 5.41) is 0. The number of thioether (sulfide) groups is 2. The molecule has 0 bridgehead atoms. The van der Waals surface area contributed by atoms with Gasteiger partial charge in [-0.3, -0.25) is 24.2 Å². The molecular weight excluding hydrogens is 669 g/mol. The van der Waals surface area contributed by atoms with Gasteiger partial charge in [0, 0.05) is 17.6 Å². The van der Waals surface area contributed by atoms with Crippen molar-refractivity contribution in [2.24, 2.45) is 0 Å². The first-order valence-corrected chi connectivity index (χ1v) is 17.0. The van der Waals surface area contributed by atoms with Gasteiger partial charge in [-0.15, -0.1) is 0 Å². The zero-order valence-corrected chi connectivity index (χ0v) is 29.1. The highest BCUT2D eigenvalue weighted by atomic mass is 32.2. The van der Waals surface area contributed by atoms with E-state index in [2.05, 4.69) is 0 Å². The van der Waals surface area contributed by atoms with E-state index in [4.69, 9.17) is 21.7 Å². The van der Waals surface area contributed by atoms with E-state index >= 15 is 4.79 Å². The maximum atomic E-state index is 15.1. The number of carbonyl (C=O) groups excluding carboxylic acids is 5. The first kappa shape index (κ1) is 33.4. The molecule has 6 rings (SSSR count). The third-order valence-electron chi connectivity index (χ3n) is 8.46. The van der Waals surface area contributed by atoms with Crippen LogP contribution in [0.2, 0.25) is 0 Å². The second-order valence-electron chi connectivity index (χ2n) is 11.8. The van der Waals surface area contributed by atoms with Crippen molar-refractivity contribution in [3.8, 4) is 0 Å². The number of anilines is 1. The summed E-state index contributed by atoms with van der Waals surface area (Å²) in [5.74, 6) is -2.92. The molecule has 0 unspecified atom stereocenters. The average molecular weight is 699 g/mol. The summed E-state index contributed by atoms with van der Waals surface area (Å²) in [5.41, 5.74) is 2.66. The molecule has 9 nitrogen and oxygen atoms in total. The number of methoxy groups -OCH3 is 2. The molecular formula is C36H30N2O7S3. The number of aryl methyl sites for hydroxylation is 1. The van der Waals surface area contributed by atoms with Crippen molar-refractivity contribution in [1.82, 2.24) is 4.90 Å². The third kappa shape index (κ3) is 5.47. The van der Waals surface area contributed by atoms with Gasteiger partial charge in [-0.1, -0.05) is 90.3 Å². The fourth-order valence-electron chi connectivity index (χ4n) is 6.09. The van der Waals surface area contributed by atoms with Crippen molar-refractivity contribution in [2.75, 3.05) is 19.1 Å². The van der Waals surface area contributed by atoms with Crippen molar-refractivity contribution in [3.05, 3.63) is 115 Å². The Morgan fingerprint density at radius 3 is 1.90 bits per heavy atom. The Hall–Kier alpha value is -4.52. The van der Waals surface area contributed by atoms with Gasteiger partial charge >= 0.3 is 11.9 Å². The summed E-state index contributed by atoms with van der Waals surface area (Å²) >= 11 is 8.28. The van der Waals surface area contributed by atoms with Crippen LogP contribution in [0.4, 0.5) is 5.69 Å². The van der Waals surface area contributed by atoms with E-state index in [0.717, 1.165) is 39.6 Å². The van der Waals surface area contributed by atoms with Gasteiger partial charge in [0.1, 0.15) is 15.9 Å². The van der Waals surface area contributed by atoms with E-state index in [0.29, 0.717) is 25.9 Å². The molecule has 0 fully saturated rings. The summed E-state index contributed by atoms with van der Waals surface area (Å²) in [6, 6.07) is 20.2. The summed E-state index contributed by atoms with van der Waals surface area (Å²) in [6.45, 7) is 5.51. The molecule has 0 saturated carbocycles. The Labute approximate surface area is 291 Å². The highest BCUT2D eigenvalue weighted by Gasteiger charge is 2.51. The van der Waals surface area contributed by atoms with Crippen molar-refractivity contribution in [1.29, 1.82) is 0 Å². The molecule has 3 aromatic rings. The van der Waals surface area contributed by atoms with Crippen molar-refractivity contribution < 1.29 is 33.4 Å². The van der Waals surface area contributed by atoms with Crippen LogP contribution in [0.3, 0.4) is 0 Å². The normalized spacial score (nSPS) is 17.4. The number of carbonyl (C=O) groups is 5. The number of hydrogen-bond donors (Lipinski definition) is 0. The standard InChI is InChI=1S/C36H30N2O7S3/c1-19-15-16-23-24(17-19)38(36(2,3)29(46)26(23)35-47-27(33(42)44-4)28(48-35)34(43)45-5)32(41)25(18-20-11-7-6-8-12-20)37-30(39)21-13-9-10-14-22(21)31(37)40/h6-17,25H,18H2,1-5H3/t25-/m0/s1. The van der Waals surface area contributed by atoms with Gasteiger partial charge in [0.05, 0.1) is 45.7 Å². The van der Waals surface area contributed by atoms with Gasteiger partial charge < -0.3 is 9.47 Å². The van der Waals surface area contributed by atoms with Gasteiger partial charge in [-0.25, -0.2) is 9.59 Å². The number of imide groups is 1. The molecule has 0 saturated heterocycles. The molecule has 0 spiro atoms. The molecule has 3 aliphatic heterocycles. The first-order valence-electron chi connectivity index (χ1n) is 14.9. The first-order chi connectivity index (χ1) is 22.9. The molecule has 0 aromatic heterocycles. The highest BCUT2D eigenvalue weighted by Crippen LogP contribution is 2.56. The molecule has 244 valence electrons. The molecule has 0 N–H and O–H groups in total. The fraction of sp³-hybridized carbons (Fsp3) is 0.222. The van der Waals surface area contributed by atoms with Crippen LogP contribution < -0.4 is 4.90 Å². The zero-order valence-electron chi connectivity index (χ0n) is 26.7. The quantitative estimate of drug-likeness (QED) is 0.130. The minimum atomic E-state index is -1.20. The summed E-state index contributed by atoms with van der Waals surface area (Å²) in [6.07, 6.45) is 0.0835. The molecule has 3 amide bonds. The number of ether oxygens (including phenoxy) is 2. The molecule has 12 heteroatoms. The minimum absolute atomic E-state index is 0.0816. The van der Waals surface area contributed by atoms with Crippen LogP contribution >= 0.6 is 35.7 Å². The van der Waals surface area contributed by atoms with Crippen LogP contribution in [0.5, 0.6) is 0 Å². The average Bonchev–Trinajstić information content (AvgIpc) is 3.63. The second kappa shape index (κ2) is 12.8. The van der Waals surface area contributed by atoms with Crippen LogP contribution in [0.15, 0.2) is 86.8 Å². The lowest BCUT2D eigenvalue weighted by Gasteiger charge is -2.47. The van der Waals surface area contributed by atoms with Crippen LogP contribution in [0.1, 0.15) is 51.3 Å². The topological polar surface area (TPSA) is 110 Å². The summed E-state index contributed by atoms with van der Waals surface area (Å²) in [7, 11) is 2.47. The lowest BCUT2D eigenvalue weighted by Crippen LogP contribution is -2.62. The van der Waals surface area contributed by atoms with E-state index in [1.54, 1.807) is 43.0 Å². The Kier molecular flexibility index (Phi) is 8.92. The maximum Gasteiger partial charge on any atom is 0.346 e. The van der Waals surface area contributed by atoms with Gasteiger partial charge in [0.15, 0.2) is 0 Å². The number of nitrogens with zero attached hydrogens (tertiary/aromatic N) is 2. The Balaban J connectivity index is 1.50. The zero-order chi connectivity index (χ0) is 34.5. The SMILES string of the molecule is COC(=O)C1=C(C(=O)OC)SC(=C2C(=S)C(C)(C)N(C(=O)[C@H](Cc3ccccc3)N3C(=O)c4ccccc4C3=O)c3cc(C)ccc32)S1. The summed E-state index contributed by atoms with van der Waals surface area (Å²) in [4.78, 5) is 71.4. The van der Waals surface area contributed by atoms with E-state index in [-0.39, 0.29) is 27.4 Å². The third-order valence-corrected chi connectivity index (χ3v) is 11.7. The monoisotopic (exact) mass is 698 g/mol. The number of rotatable bonds is 6. The van der Waals surface area contributed by atoms with Gasteiger partial charge in [0.2, 0.25) is 0 Å². The second-order valence-corrected chi connectivity index (χ2v) is 14.5. The van der Waals surface area contributed by atoms with Crippen molar-refractivity contribution >= 4 is 81.5 Å². The lowest BCUT2D eigenvalue weighted by atomic mass is 9.82. The molecule has 0 aliphatic carbocycles. The number of esters is 2. The van der Waals surface area contributed by atoms with Gasteiger partial charge in [0.25, 0.3) is 17.7 Å². The maximum absolute atomic E-state index is 15.1. The minimum Gasteiger partial charge on any atom is -0.465 e. The summed E-state index contributed by atoms with van der Waals surface area (Å²) < 4.78 is 10.5. The number of hydrogen-bond acceptors (Lipinski definition) is 10. The number of thiocarbonyl (C=S) groups is 1. The molecule has 1 atom stereocenters. The van der Waals surface area contributed by atoms with E-state index < -0.39 is 41.2 Å². The van der Waals surface area contributed by atoms with E-state index in [1.165, 1.54) is 14.2 Å². The number of fused-ring (bicyclic) bond motifs is 2. The predicted octanol–water partition coefficient (Wildman–Crippen LogP) is 6.10. The van der Waals surface area contributed by atoms with E-state index in [1.807, 2.05) is 55.5 Å². The van der Waals surface area contributed by atoms with Crippen molar-refractivity contribution in [2.45, 2.75) is 38.8 Å². The molecule has 3 aliphatic rings. The van der Waals surface area contributed by atoms with Crippen molar-refractivity contribution in [3.63, 3.8) is 0 Å². The molecule has 3 aromatic carbocycles. The Bertz CT molecular complexity index is 1940. The van der Waals surface area contributed by atoms with Crippen LogP contribution in [0, 0.1) is 6.92 Å². The van der Waals surface area contributed by atoms with Crippen LogP contribution in [-0.2, 0) is 30.3 Å². The van der Waals surface area contributed by atoms with Crippen LogP contribution in [0.25, 0.3) is 5.57 Å². The Morgan fingerprint density at radius 2 is 1.35 bits per heavy atom. The Morgan fingerprint density at radius 1 is 0.812 bits per heavy atom. The van der Waals surface area contributed by atoms with E-state index in [9.17, 15) is 19.2 Å². The largest absolute Gasteiger partial charge is 0.465 e. The molecule has 48 heavy (non-hydrogen) atoms. The van der Waals surface area contributed by atoms with Gasteiger partial charge in [-0.05, 0) is 50.1 Å². The van der Waals surface area contributed by atoms with Crippen LogP contribution in [-0.4, -0.2) is 65.2 Å².